The number of hydrogen-bond acceptors (Lipinski definition) is 3. The molecule has 2 heterocycles. The first-order valence-electron chi connectivity index (χ1n) is 7.05. The molecule has 0 unspecified atom stereocenters. The Morgan fingerprint density at radius 3 is 2.70 bits per heavy atom. The van der Waals surface area contributed by atoms with Gasteiger partial charge in [-0.2, -0.15) is 0 Å². The number of nitrogens with zero attached hydrogens (tertiary/aromatic N) is 1. The molecule has 104 valence electrons. The summed E-state index contributed by atoms with van der Waals surface area (Å²) < 4.78 is 0. The van der Waals surface area contributed by atoms with E-state index < -0.39 is 0 Å². The second-order valence-corrected chi connectivity index (χ2v) is 5.38. The van der Waals surface area contributed by atoms with Gasteiger partial charge in [-0.25, -0.2) is 0 Å². The third-order valence-electron chi connectivity index (χ3n) is 3.87. The molecule has 0 saturated carbocycles. The van der Waals surface area contributed by atoms with Crippen LogP contribution in [0.4, 0.5) is 0 Å². The predicted octanol–water partition coefficient (Wildman–Crippen LogP) is 2.01. The lowest BCUT2D eigenvalue weighted by Gasteiger charge is -2.17. The molecular formula is C16H18N2O2. The van der Waals surface area contributed by atoms with E-state index in [1.807, 2.05) is 31.2 Å². The Hall–Kier alpha value is -2.10. The van der Waals surface area contributed by atoms with E-state index in [1.165, 1.54) is 0 Å². The minimum absolute atomic E-state index is 0.0323. The summed E-state index contributed by atoms with van der Waals surface area (Å²) in [5.74, 6) is 0.730. The van der Waals surface area contributed by atoms with Crippen molar-refractivity contribution in [2.24, 2.45) is 0 Å². The van der Waals surface area contributed by atoms with Crippen molar-refractivity contribution in [2.75, 3.05) is 13.1 Å². The Bertz CT molecular complexity index is 587. The summed E-state index contributed by atoms with van der Waals surface area (Å²) in [6.45, 7) is 3.53. The van der Waals surface area contributed by atoms with Crippen molar-refractivity contribution < 1.29 is 9.59 Å². The number of nitrogens with one attached hydrogen (secondary N) is 1. The zero-order valence-corrected chi connectivity index (χ0v) is 11.6. The van der Waals surface area contributed by atoms with Crippen molar-refractivity contribution in [3.05, 3.63) is 46.8 Å². The number of Topliss-reactive ketones (excluding diaryl/α,β-unsaturated/α-hetero) is 1. The number of fused-ring (bicyclic) bond motifs is 1. The van der Waals surface area contributed by atoms with E-state index in [0.717, 1.165) is 30.8 Å². The van der Waals surface area contributed by atoms with E-state index in [0.29, 0.717) is 17.7 Å². The van der Waals surface area contributed by atoms with Crippen LogP contribution in [0.5, 0.6) is 0 Å². The minimum atomic E-state index is -0.0368. The summed E-state index contributed by atoms with van der Waals surface area (Å²) in [6.07, 6.45) is 2.22. The molecule has 1 amide bonds. The molecule has 0 aliphatic carbocycles. The van der Waals surface area contributed by atoms with Crippen LogP contribution in [0.2, 0.25) is 0 Å². The number of rotatable bonds is 2. The average molecular weight is 270 g/mol. The number of benzene rings is 1. The van der Waals surface area contributed by atoms with Crippen LogP contribution in [0.25, 0.3) is 0 Å². The fourth-order valence-corrected chi connectivity index (χ4v) is 2.73. The Morgan fingerprint density at radius 1 is 1.20 bits per heavy atom. The molecule has 1 saturated heterocycles. The molecule has 2 aliphatic heterocycles. The monoisotopic (exact) mass is 270 g/mol. The third kappa shape index (κ3) is 2.22. The van der Waals surface area contributed by atoms with Crippen LogP contribution >= 0.6 is 0 Å². The number of ketones is 1. The minimum Gasteiger partial charge on any atom is -0.371 e. The first-order chi connectivity index (χ1) is 9.66. The fraction of sp³-hybridized carbons (Fsp3) is 0.375. The van der Waals surface area contributed by atoms with Gasteiger partial charge in [0.2, 0.25) is 5.91 Å². The van der Waals surface area contributed by atoms with Gasteiger partial charge in [0.05, 0.1) is 12.0 Å². The first kappa shape index (κ1) is 12.9. The van der Waals surface area contributed by atoms with Crippen molar-refractivity contribution in [3.8, 4) is 0 Å². The molecule has 1 fully saturated rings. The van der Waals surface area contributed by atoms with Crippen LogP contribution < -0.4 is 5.32 Å². The van der Waals surface area contributed by atoms with Gasteiger partial charge in [0, 0.05) is 18.7 Å². The van der Waals surface area contributed by atoms with Gasteiger partial charge in [0.15, 0.2) is 5.78 Å². The van der Waals surface area contributed by atoms with Crippen molar-refractivity contribution in [2.45, 2.75) is 26.2 Å². The molecule has 1 N–H and O–H groups in total. The lowest BCUT2D eigenvalue weighted by molar-refractivity contribution is -0.127. The molecule has 20 heavy (non-hydrogen) atoms. The quantitative estimate of drug-likeness (QED) is 0.836. The van der Waals surface area contributed by atoms with E-state index in [4.69, 9.17) is 0 Å². The van der Waals surface area contributed by atoms with Gasteiger partial charge >= 0.3 is 0 Å². The van der Waals surface area contributed by atoms with Gasteiger partial charge < -0.3 is 5.32 Å². The van der Waals surface area contributed by atoms with Gasteiger partial charge in [-0.1, -0.05) is 29.8 Å². The van der Waals surface area contributed by atoms with Crippen LogP contribution in [0.15, 0.2) is 35.7 Å². The number of carbonyl (C=O) groups is 2. The molecule has 4 heteroatoms. The smallest absolute Gasteiger partial charge is 0.232 e. The molecule has 4 nitrogen and oxygen atoms in total. The number of carbonyl (C=O) groups excluding carboxylic acids is 2. The normalized spacial score (nSPS) is 18.6. The molecule has 1 aromatic rings. The zero-order valence-electron chi connectivity index (χ0n) is 11.6. The highest BCUT2D eigenvalue weighted by atomic mass is 16.2. The van der Waals surface area contributed by atoms with Gasteiger partial charge in [0.1, 0.15) is 5.82 Å². The Morgan fingerprint density at radius 2 is 1.95 bits per heavy atom. The summed E-state index contributed by atoms with van der Waals surface area (Å²) in [6, 6.07) is 7.51. The molecule has 1 aromatic carbocycles. The van der Waals surface area contributed by atoms with Gasteiger partial charge in [0.25, 0.3) is 0 Å². The second-order valence-electron chi connectivity index (χ2n) is 5.38. The molecular weight excluding hydrogens is 252 g/mol. The van der Waals surface area contributed by atoms with E-state index >= 15 is 0 Å². The SMILES string of the molecule is Cc1ccc(C(=O)C2=C3NCCCCN3C(=O)C2)cc1. The highest BCUT2D eigenvalue weighted by Gasteiger charge is 2.34. The Labute approximate surface area is 118 Å². The highest BCUT2D eigenvalue weighted by molar-refractivity contribution is 6.13. The molecule has 0 bridgehead atoms. The van der Waals surface area contributed by atoms with Crippen molar-refractivity contribution in [1.82, 2.24) is 10.2 Å². The van der Waals surface area contributed by atoms with Gasteiger partial charge in [-0.3, -0.25) is 14.5 Å². The van der Waals surface area contributed by atoms with Gasteiger partial charge in [-0.05, 0) is 19.8 Å². The third-order valence-corrected chi connectivity index (χ3v) is 3.87. The maximum absolute atomic E-state index is 12.6. The van der Waals surface area contributed by atoms with E-state index in [9.17, 15) is 9.59 Å². The van der Waals surface area contributed by atoms with Crippen LogP contribution in [-0.4, -0.2) is 29.7 Å². The number of amides is 1. The maximum Gasteiger partial charge on any atom is 0.232 e. The van der Waals surface area contributed by atoms with Gasteiger partial charge in [-0.15, -0.1) is 0 Å². The van der Waals surface area contributed by atoms with Crippen molar-refractivity contribution in [1.29, 1.82) is 0 Å². The summed E-state index contributed by atoms with van der Waals surface area (Å²) in [5.41, 5.74) is 2.38. The lowest BCUT2D eigenvalue weighted by Crippen LogP contribution is -2.30. The number of hydrogen-bond donors (Lipinski definition) is 1. The van der Waals surface area contributed by atoms with Crippen molar-refractivity contribution >= 4 is 11.7 Å². The maximum atomic E-state index is 12.6. The van der Waals surface area contributed by atoms with E-state index in [2.05, 4.69) is 5.32 Å². The standard InChI is InChI=1S/C16H18N2O2/c1-11-4-6-12(7-5-11)15(20)13-10-14(19)18-9-3-2-8-17-16(13)18/h4-7,17H,2-3,8-10H2,1H3. The second kappa shape index (κ2) is 5.12. The topological polar surface area (TPSA) is 49.4 Å². The fourth-order valence-electron chi connectivity index (χ4n) is 2.73. The average Bonchev–Trinajstić information content (AvgIpc) is 2.65. The largest absolute Gasteiger partial charge is 0.371 e. The number of aryl methyl sites for hydroxylation is 1. The summed E-state index contributed by atoms with van der Waals surface area (Å²) in [5, 5.41) is 3.25. The van der Waals surface area contributed by atoms with Crippen LogP contribution in [0.3, 0.4) is 0 Å². The highest BCUT2D eigenvalue weighted by Crippen LogP contribution is 2.27. The molecule has 2 aliphatic rings. The predicted molar refractivity (Wildman–Crippen MR) is 76.1 cm³/mol. The van der Waals surface area contributed by atoms with Crippen LogP contribution in [0.1, 0.15) is 35.2 Å². The Balaban J connectivity index is 1.95. The molecule has 3 rings (SSSR count). The first-order valence-corrected chi connectivity index (χ1v) is 7.05. The van der Waals surface area contributed by atoms with Crippen molar-refractivity contribution in [3.63, 3.8) is 0 Å². The molecule has 0 aromatic heterocycles. The summed E-state index contributed by atoms with van der Waals surface area (Å²) in [7, 11) is 0. The van der Waals surface area contributed by atoms with E-state index in [1.54, 1.807) is 4.90 Å². The van der Waals surface area contributed by atoms with Crippen LogP contribution in [-0.2, 0) is 4.79 Å². The Kier molecular flexibility index (Phi) is 3.30. The summed E-state index contributed by atoms with van der Waals surface area (Å²) >= 11 is 0. The molecule has 0 atom stereocenters. The zero-order chi connectivity index (χ0) is 14.1. The molecule has 0 spiro atoms. The summed E-state index contributed by atoms with van der Waals surface area (Å²) in [4.78, 5) is 26.4. The molecule has 0 radical (unpaired) electrons. The van der Waals surface area contributed by atoms with Crippen LogP contribution in [0, 0.1) is 6.92 Å². The lowest BCUT2D eigenvalue weighted by atomic mass is 10.0. The van der Waals surface area contributed by atoms with E-state index in [-0.39, 0.29) is 18.1 Å².